The standard InChI is InChI=1S/C17H21N5O2/c1-12(23)18-8-9-19-17(24)15-7-4-10-22(15)16-13-5-2-3-6-14(13)20-11-21-16/h2-3,5-6,11,15H,4,7-10H2,1H3,(H,18,23)(H,19,24). The molecule has 2 aromatic rings. The summed E-state index contributed by atoms with van der Waals surface area (Å²) >= 11 is 0. The lowest BCUT2D eigenvalue weighted by Gasteiger charge is -2.25. The second-order valence-corrected chi connectivity index (χ2v) is 5.84. The first-order chi connectivity index (χ1) is 11.7. The fourth-order valence-corrected chi connectivity index (χ4v) is 3.05. The van der Waals surface area contributed by atoms with Gasteiger partial charge in [0.15, 0.2) is 0 Å². The Bertz CT molecular complexity index is 743. The normalized spacial score (nSPS) is 17.0. The molecule has 0 radical (unpaired) electrons. The summed E-state index contributed by atoms with van der Waals surface area (Å²) in [6.45, 7) is 3.11. The van der Waals surface area contributed by atoms with E-state index in [0.29, 0.717) is 13.1 Å². The van der Waals surface area contributed by atoms with Gasteiger partial charge in [-0.2, -0.15) is 0 Å². The number of carbonyl (C=O) groups is 2. The lowest BCUT2D eigenvalue weighted by atomic mass is 10.2. The topological polar surface area (TPSA) is 87.2 Å². The van der Waals surface area contributed by atoms with Gasteiger partial charge in [-0.3, -0.25) is 9.59 Å². The number of carbonyl (C=O) groups excluding carboxylic acids is 2. The highest BCUT2D eigenvalue weighted by Crippen LogP contribution is 2.29. The predicted octanol–water partition coefficient (Wildman–Crippen LogP) is 0.851. The van der Waals surface area contributed by atoms with Crippen molar-refractivity contribution in [3.8, 4) is 0 Å². The maximum absolute atomic E-state index is 12.5. The molecule has 0 bridgehead atoms. The monoisotopic (exact) mass is 327 g/mol. The first-order valence-corrected chi connectivity index (χ1v) is 8.15. The molecule has 1 unspecified atom stereocenters. The van der Waals surface area contributed by atoms with Crippen LogP contribution in [0, 0.1) is 0 Å². The van der Waals surface area contributed by atoms with Crippen LogP contribution >= 0.6 is 0 Å². The van der Waals surface area contributed by atoms with Crippen LogP contribution in [0.5, 0.6) is 0 Å². The van der Waals surface area contributed by atoms with Crippen molar-refractivity contribution in [3.05, 3.63) is 30.6 Å². The van der Waals surface area contributed by atoms with Gasteiger partial charge in [-0.25, -0.2) is 9.97 Å². The second-order valence-electron chi connectivity index (χ2n) is 5.84. The molecule has 7 nitrogen and oxygen atoms in total. The summed E-state index contributed by atoms with van der Waals surface area (Å²) < 4.78 is 0. The predicted molar refractivity (Wildman–Crippen MR) is 91.6 cm³/mol. The number of aromatic nitrogens is 2. The quantitative estimate of drug-likeness (QED) is 0.795. The minimum Gasteiger partial charge on any atom is -0.355 e. The highest BCUT2D eigenvalue weighted by atomic mass is 16.2. The molecule has 1 aromatic carbocycles. The van der Waals surface area contributed by atoms with Crippen LogP contribution in [-0.2, 0) is 9.59 Å². The number of nitrogens with zero attached hydrogens (tertiary/aromatic N) is 3. The Morgan fingerprint density at radius 2 is 2.00 bits per heavy atom. The third-order valence-corrected chi connectivity index (χ3v) is 4.15. The van der Waals surface area contributed by atoms with Gasteiger partial charge in [0.2, 0.25) is 11.8 Å². The lowest BCUT2D eigenvalue weighted by Crippen LogP contribution is -2.45. The maximum Gasteiger partial charge on any atom is 0.242 e. The molecule has 1 fully saturated rings. The van der Waals surface area contributed by atoms with Gasteiger partial charge in [0, 0.05) is 31.9 Å². The van der Waals surface area contributed by atoms with E-state index in [2.05, 4.69) is 25.5 Å². The van der Waals surface area contributed by atoms with E-state index in [-0.39, 0.29) is 17.9 Å². The molecular weight excluding hydrogens is 306 g/mol. The molecule has 1 aromatic heterocycles. The van der Waals surface area contributed by atoms with Crippen molar-refractivity contribution in [1.29, 1.82) is 0 Å². The minimum atomic E-state index is -0.236. The Kier molecular flexibility index (Phi) is 4.88. The first kappa shape index (κ1) is 16.2. The van der Waals surface area contributed by atoms with E-state index < -0.39 is 0 Å². The van der Waals surface area contributed by atoms with Crippen LogP contribution in [0.15, 0.2) is 30.6 Å². The van der Waals surface area contributed by atoms with E-state index in [0.717, 1.165) is 36.1 Å². The molecule has 3 rings (SSSR count). The summed E-state index contributed by atoms with van der Waals surface area (Å²) in [5, 5.41) is 6.52. The molecule has 0 aliphatic carbocycles. The van der Waals surface area contributed by atoms with Crippen LogP contribution < -0.4 is 15.5 Å². The average molecular weight is 327 g/mol. The van der Waals surface area contributed by atoms with Crippen molar-refractivity contribution in [2.24, 2.45) is 0 Å². The van der Waals surface area contributed by atoms with E-state index in [1.165, 1.54) is 6.92 Å². The summed E-state index contributed by atoms with van der Waals surface area (Å²) in [6.07, 6.45) is 3.29. The van der Waals surface area contributed by atoms with E-state index in [1.807, 2.05) is 24.3 Å². The molecule has 1 atom stereocenters. The van der Waals surface area contributed by atoms with Gasteiger partial charge in [-0.05, 0) is 25.0 Å². The Labute approximate surface area is 140 Å². The van der Waals surface area contributed by atoms with Crippen LogP contribution in [-0.4, -0.2) is 47.5 Å². The Morgan fingerprint density at radius 3 is 2.83 bits per heavy atom. The molecule has 1 aliphatic rings. The molecule has 1 aliphatic heterocycles. The highest BCUT2D eigenvalue weighted by molar-refractivity contribution is 5.93. The zero-order valence-electron chi connectivity index (χ0n) is 13.7. The third-order valence-electron chi connectivity index (χ3n) is 4.15. The van der Waals surface area contributed by atoms with Crippen molar-refractivity contribution in [2.45, 2.75) is 25.8 Å². The zero-order chi connectivity index (χ0) is 16.9. The van der Waals surface area contributed by atoms with Gasteiger partial charge < -0.3 is 15.5 Å². The maximum atomic E-state index is 12.5. The number of para-hydroxylation sites is 1. The smallest absolute Gasteiger partial charge is 0.242 e. The third kappa shape index (κ3) is 3.45. The van der Waals surface area contributed by atoms with Crippen molar-refractivity contribution >= 4 is 28.5 Å². The minimum absolute atomic E-state index is 0.0273. The van der Waals surface area contributed by atoms with Gasteiger partial charge in [0.1, 0.15) is 18.2 Å². The summed E-state index contributed by atoms with van der Waals surface area (Å²) in [5.41, 5.74) is 0.874. The highest BCUT2D eigenvalue weighted by Gasteiger charge is 2.32. The number of hydrogen-bond acceptors (Lipinski definition) is 5. The molecule has 2 N–H and O–H groups in total. The van der Waals surface area contributed by atoms with Crippen molar-refractivity contribution in [2.75, 3.05) is 24.5 Å². The Morgan fingerprint density at radius 1 is 1.21 bits per heavy atom. The number of rotatable bonds is 5. The molecule has 0 saturated carbocycles. The summed E-state index contributed by atoms with van der Waals surface area (Å²) in [7, 11) is 0. The largest absolute Gasteiger partial charge is 0.355 e. The molecule has 1 saturated heterocycles. The van der Waals surface area contributed by atoms with Crippen molar-refractivity contribution in [1.82, 2.24) is 20.6 Å². The Hall–Kier alpha value is -2.70. The molecular formula is C17H21N5O2. The van der Waals surface area contributed by atoms with Gasteiger partial charge in [-0.15, -0.1) is 0 Å². The second kappa shape index (κ2) is 7.25. The summed E-state index contributed by atoms with van der Waals surface area (Å²) in [4.78, 5) is 34.1. The summed E-state index contributed by atoms with van der Waals surface area (Å²) in [6, 6.07) is 7.58. The molecule has 0 spiro atoms. The van der Waals surface area contributed by atoms with Crippen LogP contribution in [0.4, 0.5) is 5.82 Å². The molecule has 2 amide bonds. The van der Waals surface area contributed by atoms with Crippen molar-refractivity contribution in [3.63, 3.8) is 0 Å². The number of benzene rings is 1. The van der Waals surface area contributed by atoms with E-state index in [9.17, 15) is 9.59 Å². The Balaban J connectivity index is 1.73. The van der Waals surface area contributed by atoms with E-state index in [4.69, 9.17) is 0 Å². The molecule has 126 valence electrons. The van der Waals surface area contributed by atoms with Crippen LogP contribution in [0.3, 0.4) is 0 Å². The van der Waals surface area contributed by atoms with Crippen molar-refractivity contribution < 1.29 is 9.59 Å². The van der Waals surface area contributed by atoms with Gasteiger partial charge >= 0.3 is 0 Å². The van der Waals surface area contributed by atoms with Crippen LogP contribution in [0.25, 0.3) is 10.9 Å². The van der Waals surface area contributed by atoms with Gasteiger partial charge in [-0.1, -0.05) is 12.1 Å². The van der Waals surface area contributed by atoms with Crippen LogP contribution in [0.1, 0.15) is 19.8 Å². The SMILES string of the molecule is CC(=O)NCCNC(=O)C1CCCN1c1ncnc2ccccc12. The van der Waals surface area contributed by atoms with E-state index >= 15 is 0 Å². The number of anilines is 1. The number of amides is 2. The van der Waals surface area contributed by atoms with E-state index in [1.54, 1.807) is 6.33 Å². The molecule has 2 heterocycles. The van der Waals surface area contributed by atoms with Gasteiger partial charge in [0.05, 0.1) is 5.52 Å². The number of fused-ring (bicyclic) bond motifs is 1. The zero-order valence-corrected chi connectivity index (χ0v) is 13.7. The number of nitrogens with one attached hydrogen (secondary N) is 2. The summed E-state index contributed by atoms with van der Waals surface area (Å²) in [5.74, 6) is 0.680. The first-order valence-electron chi connectivity index (χ1n) is 8.15. The molecule has 7 heteroatoms. The average Bonchev–Trinajstić information content (AvgIpc) is 3.07. The van der Waals surface area contributed by atoms with Crippen LogP contribution in [0.2, 0.25) is 0 Å². The molecule has 24 heavy (non-hydrogen) atoms. The fraction of sp³-hybridized carbons (Fsp3) is 0.412. The lowest BCUT2D eigenvalue weighted by molar-refractivity contribution is -0.123. The number of hydrogen-bond donors (Lipinski definition) is 2. The van der Waals surface area contributed by atoms with Gasteiger partial charge in [0.25, 0.3) is 0 Å². The fourth-order valence-electron chi connectivity index (χ4n) is 3.05.